The van der Waals surface area contributed by atoms with Gasteiger partial charge in [-0.15, -0.1) is 0 Å². The fourth-order valence-electron chi connectivity index (χ4n) is 1.60. The summed E-state index contributed by atoms with van der Waals surface area (Å²) in [5.74, 6) is -0.114. The lowest BCUT2D eigenvalue weighted by Crippen LogP contribution is -2.28. The number of carbonyl (C=O) groups excluding carboxylic acids is 1. The number of hydrogen-bond acceptors (Lipinski definition) is 4. The molecule has 0 aromatic heterocycles. The Morgan fingerprint density at radius 1 is 1.15 bits per heavy atom. The maximum atomic E-state index is 12.1. The first-order valence-corrected chi connectivity index (χ1v) is 8.02. The lowest BCUT2D eigenvalue weighted by molar-refractivity contribution is -0.118. The van der Waals surface area contributed by atoms with Crippen molar-refractivity contribution in [2.24, 2.45) is 0 Å². The number of anilines is 1. The molecule has 0 fully saturated rings. The maximum Gasteiger partial charge on any atom is 0.242 e. The number of para-hydroxylation sites is 1. The van der Waals surface area contributed by atoms with E-state index in [4.69, 9.17) is 0 Å². The molecule has 0 atom stereocenters. The van der Waals surface area contributed by atoms with Crippen LogP contribution in [0.3, 0.4) is 0 Å². The van der Waals surface area contributed by atoms with Gasteiger partial charge in [-0.25, -0.2) is 13.1 Å². The second kappa shape index (κ2) is 7.86. The van der Waals surface area contributed by atoms with Crippen LogP contribution >= 0.6 is 0 Å². The van der Waals surface area contributed by atoms with Gasteiger partial charge in [0.2, 0.25) is 15.9 Å². The van der Waals surface area contributed by atoms with Crippen LogP contribution < -0.4 is 15.4 Å². The molecule has 0 unspecified atom stereocenters. The first-order chi connectivity index (χ1) is 9.47. The molecule has 0 saturated heterocycles. The van der Waals surface area contributed by atoms with Crippen LogP contribution in [-0.2, 0) is 14.8 Å². The second-order valence-electron chi connectivity index (χ2n) is 4.30. The van der Waals surface area contributed by atoms with Gasteiger partial charge in [0, 0.05) is 26.6 Å². The van der Waals surface area contributed by atoms with Gasteiger partial charge in [-0.1, -0.05) is 19.1 Å². The first-order valence-electron chi connectivity index (χ1n) is 6.54. The van der Waals surface area contributed by atoms with Gasteiger partial charge in [0.25, 0.3) is 0 Å². The summed E-state index contributed by atoms with van der Waals surface area (Å²) in [6.07, 6.45) is 0.733. The number of rotatable bonds is 8. The van der Waals surface area contributed by atoms with Crippen LogP contribution in [0.1, 0.15) is 20.3 Å². The van der Waals surface area contributed by atoms with Crippen LogP contribution in [0.2, 0.25) is 0 Å². The van der Waals surface area contributed by atoms with Crippen LogP contribution in [0.5, 0.6) is 0 Å². The van der Waals surface area contributed by atoms with Crippen molar-refractivity contribution in [3.63, 3.8) is 0 Å². The minimum absolute atomic E-state index is 0.114. The van der Waals surface area contributed by atoms with E-state index in [1.807, 2.05) is 6.92 Å². The summed E-state index contributed by atoms with van der Waals surface area (Å²) in [7, 11) is -3.51. The van der Waals surface area contributed by atoms with Gasteiger partial charge in [0.1, 0.15) is 4.90 Å². The number of carbonyl (C=O) groups is 1. The maximum absolute atomic E-state index is 12.1. The van der Waals surface area contributed by atoms with E-state index in [9.17, 15) is 13.2 Å². The summed E-state index contributed by atoms with van der Waals surface area (Å²) in [5, 5.41) is 5.66. The molecular formula is C13H21N3O3S. The molecule has 0 aliphatic heterocycles. The highest BCUT2D eigenvalue weighted by Crippen LogP contribution is 2.20. The lowest BCUT2D eigenvalue weighted by Gasteiger charge is -2.13. The molecule has 0 aliphatic carbocycles. The van der Waals surface area contributed by atoms with Crippen molar-refractivity contribution in [2.45, 2.75) is 25.2 Å². The Kier molecular flexibility index (Phi) is 6.47. The summed E-state index contributed by atoms with van der Waals surface area (Å²) in [4.78, 5) is 11.0. The summed E-state index contributed by atoms with van der Waals surface area (Å²) >= 11 is 0. The van der Waals surface area contributed by atoms with Crippen molar-refractivity contribution in [3.8, 4) is 0 Å². The van der Waals surface area contributed by atoms with Gasteiger partial charge in [0.15, 0.2) is 0 Å². The third-order valence-corrected chi connectivity index (χ3v) is 4.05. The van der Waals surface area contributed by atoms with E-state index < -0.39 is 10.0 Å². The van der Waals surface area contributed by atoms with Crippen molar-refractivity contribution in [1.29, 1.82) is 0 Å². The Bertz CT molecular complexity index is 544. The minimum atomic E-state index is -3.51. The molecule has 7 heteroatoms. The van der Waals surface area contributed by atoms with E-state index in [0.29, 0.717) is 25.3 Å². The van der Waals surface area contributed by atoms with Crippen LogP contribution in [0.25, 0.3) is 0 Å². The SMILES string of the molecule is CCCNS(=O)(=O)c1ccccc1NCCNC(C)=O. The van der Waals surface area contributed by atoms with E-state index in [1.165, 1.54) is 6.92 Å². The largest absolute Gasteiger partial charge is 0.382 e. The highest BCUT2D eigenvalue weighted by molar-refractivity contribution is 7.89. The zero-order valence-electron chi connectivity index (χ0n) is 11.8. The highest BCUT2D eigenvalue weighted by Gasteiger charge is 2.16. The molecular weight excluding hydrogens is 278 g/mol. The number of benzene rings is 1. The molecule has 3 N–H and O–H groups in total. The van der Waals surface area contributed by atoms with Crippen LogP contribution in [-0.4, -0.2) is 34.0 Å². The average molecular weight is 299 g/mol. The predicted molar refractivity (Wildman–Crippen MR) is 79.1 cm³/mol. The van der Waals surface area contributed by atoms with Crippen LogP contribution in [0.4, 0.5) is 5.69 Å². The van der Waals surface area contributed by atoms with E-state index >= 15 is 0 Å². The standard InChI is InChI=1S/C13H21N3O3S/c1-3-8-16-20(18,19)13-7-5-4-6-12(13)15-10-9-14-11(2)17/h4-7,15-16H,3,8-10H2,1-2H3,(H,14,17). The van der Waals surface area contributed by atoms with E-state index in [1.54, 1.807) is 24.3 Å². The Balaban J connectivity index is 2.75. The van der Waals surface area contributed by atoms with Crippen LogP contribution in [0.15, 0.2) is 29.2 Å². The summed E-state index contributed by atoms with van der Waals surface area (Å²) in [5.41, 5.74) is 0.529. The monoisotopic (exact) mass is 299 g/mol. The first kappa shape index (κ1) is 16.5. The molecule has 1 amide bonds. The molecule has 0 bridgehead atoms. The molecule has 0 heterocycles. The Hall–Kier alpha value is -1.60. The third kappa shape index (κ3) is 5.18. The van der Waals surface area contributed by atoms with Crippen molar-refractivity contribution < 1.29 is 13.2 Å². The summed E-state index contributed by atoms with van der Waals surface area (Å²) < 4.78 is 26.8. The van der Waals surface area contributed by atoms with Crippen molar-refractivity contribution in [1.82, 2.24) is 10.0 Å². The summed E-state index contributed by atoms with van der Waals surface area (Å²) in [6, 6.07) is 6.70. The Morgan fingerprint density at radius 2 is 1.85 bits per heavy atom. The Labute approximate surface area is 120 Å². The fourth-order valence-corrected chi connectivity index (χ4v) is 2.91. The normalized spacial score (nSPS) is 11.1. The lowest BCUT2D eigenvalue weighted by atomic mass is 10.3. The van der Waals surface area contributed by atoms with Crippen molar-refractivity contribution >= 4 is 21.6 Å². The van der Waals surface area contributed by atoms with Gasteiger partial charge >= 0.3 is 0 Å². The second-order valence-corrected chi connectivity index (χ2v) is 6.04. The predicted octanol–water partition coefficient (Wildman–Crippen LogP) is 0.923. The number of nitrogens with one attached hydrogen (secondary N) is 3. The van der Waals surface area contributed by atoms with Crippen LogP contribution in [0, 0.1) is 0 Å². The van der Waals surface area contributed by atoms with Gasteiger partial charge in [-0.2, -0.15) is 0 Å². The molecule has 0 radical (unpaired) electrons. The van der Waals surface area contributed by atoms with Gasteiger partial charge < -0.3 is 10.6 Å². The van der Waals surface area contributed by atoms with Gasteiger partial charge in [-0.05, 0) is 18.6 Å². The Morgan fingerprint density at radius 3 is 2.50 bits per heavy atom. The zero-order chi connectivity index (χ0) is 15.0. The quantitative estimate of drug-likeness (QED) is 0.623. The molecule has 0 spiro atoms. The number of hydrogen-bond donors (Lipinski definition) is 3. The molecule has 6 nitrogen and oxygen atoms in total. The molecule has 1 rings (SSSR count). The van der Waals surface area contributed by atoms with Crippen molar-refractivity contribution in [2.75, 3.05) is 25.0 Å². The van der Waals surface area contributed by atoms with E-state index in [-0.39, 0.29) is 10.8 Å². The molecule has 1 aromatic carbocycles. The summed E-state index contributed by atoms with van der Waals surface area (Å²) in [6.45, 7) is 4.64. The van der Waals surface area contributed by atoms with Gasteiger partial charge in [-0.3, -0.25) is 4.79 Å². The molecule has 0 saturated carbocycles. The highest BCUT2D eigenvalue weighted by atomic mass is 32.2. The van der Waals surface area contributed by atoms with E-state index in [2.05, 4.69) is 15.4 Å². The molecule has 1 aromatic rings. The number of sulfonamides is 1. The average Bonchev–Trinajstić information content (AvgIpc) is 2.41. The van der Waals surface area contributed by atoms with Crippen molar-refractivity contribution in [3.05, 3.63) is 24.3 Å². The molecule has 20 heavy (non-hydrogen) atoms. The minimum Gasteiger partial charge on any atom is -0.382 e. The molecule has 0 aliphatic rings. The number of amides is 1. The topological polar surface area (TPSA) is 87.3 Å². The molecule has 112 valence electrons. The van der Waals surface area contributed by atoms with Gasteiger partial charge in [0.05, 0.1) is 5.69 Å². The fraction of sp³-hybridized carbons (Fsp3) is 0.462. The zero-order valence-corrected chi connectivity index (χ0v) is 12.6. The van der Waals surface area contributed by atoms with E-state index in [0.717, 1.165) is 6.42 Å². The smallest absolute Gasteiger partial charge is 0.242 e. The third-order valence-electron chi connectivity index (χ3n) is 2.53.